The highest BCUT2D eigenvalue weighted by Crippen LogP contribution is 2.39. The van der Waals surface area contributed by atoms with E-state index in [1.54, 1.807) is 45.7 Å². The summed E-state index contributed by atoms with van der Waals surface area (Å²) in [5.74, 6) is -2.20. The molecule has 13 nitrogen and oxygen atoms in total. The number of hydrogen-bond donors (Lipinski definition) is 4. The van der Waals surface area contributed by atoms with Crippen LogP contribution in [-0.2, 0) is 33.3 Å². The van der Waals surface area contributed by atoms with E-state index in [4.69, 9.17) is 23.7 Å². The first-order valence-corrected chi connectivity index (χ1v) is 17.3. The third kappa shape index (κ3) is 9.55. The summed E-state index contributed by atoms with van der Waals surface area (Å²) in [5.41, 5.74) is -2.50. The molecule has 48 heavy (non-hydrogen) atoms. The molecule has 0 aromatic rings. The van der Waals surface area contributed by atoms with Gasteiger partial charge in [-0.3, -0.25) is 9.59 Å². The van der Waals surface area contributed by atoms with Crippen molar-refractivity contribution in [2.45, 2.75) is 147 Å². The average Bonchev–Trinajstić information content (AvgIpc) is 3.00. The molecule has 15 atom stereocenters. The second kappa shape index (κ2) is 16.6. The van der Waals surface area contributed by atoms with Crippen LogP contribution in [0.2, 0.25) is 0 Å². The zero-order valence-corrected chi connectivity index (χ0v) is 30.9. The maximum atomic E-state index is 13.9. The Kier molecular flexibility index (Phi) is 14.1. The van der Waals surface area contributed by atoms with Gasteiger partial charge in [0.15, 0.2) is 12.6 Å². The molecule has 0 radical (unpaired) electrons. The van der Waals surface area contributed by atoms with E-state index in [1.807, 2.05) is 39.8 Å². The van der Waals surface area contributed by atoms with Crippen LogP contribution in [0.5, 0.6) is 0 Å². The standard InChI is InChI=1S/C35H63N3O10/c1-13-24-15-26(39)38(11)18-19(2)16-34(7,43)31(48-33-28(40)25(37(9)10)14-20(3)45-33)21(4)29(22(5)32(42)36-24)47-27-17-35(8,44-12)30(41)23(6)46-27/h13,19-25,27-31,33,40-41,43H,1,14-18H2,2-12H3,(H,36,42)/t19-,20-,21+,22-,23+,24?,25+,27+,28-,29+,30+,31-,33+,34-,35-/m1/s1. The van der Waals surface area contributed by atoms with Gasteiger partial charge in [-0.1, -0.05) is 26.8 Å². The number of rotatable bonds is 7. The van der Waals surface area contributed by atoms with Gasteiger partial charge < -0.3 is 54.1 Å². The molecule has 0 aromatic carbocycles. The van der Waals surface area contributed by atoms with E-state index in [2.05, 4.69) is 11.9 Å². The molecule has 1 unspecified atom stereocenters. The third-order valence-electron chi connectivity index (χ3n) is 10.6. The maximum absolute atomic E-state index is 13.9. The van der Waals surface area contributed by atoms with Crippen LogP contribution < -0.4 is 5.32 Å². The SMILES string of the molecule is C=CC1CC(=O)N(C)C[C@H](C)C[C@@](C)(O)[C@H](O[C@@H]2O[C@H](C)C[C@H](N(C)C)[C@H]2O)[C@@H](C)[C@H](O[C@H]2C[C@@](C)(OC)[C@@H](O)[C@H](C)O2)[C@@H](C)C(=O)N1. The van der Waals surface area contributed by atoms with E-state index in [1.165, 1.54) is 7.11 Å². The summed E-state index contributed by atoms with van der Waals surface area (Å²) in [6.45, 7) is 16.8. The number of methoxy groups -OCH3 is 1. The normalized spacial score (nSPS) is 45.8. The van der Waals surface area contributed by atoms with Gasteiger partial charge in [0.1, 0.15) is 12.2 Å². The van der Waals surface area contributed by atoms with E-state index in [0.717, 1.165) is 0 Å². The van der Waals surface area contributed by atoms with Gasteiger partial charge in [0.05, 0.1) is 54.0 Å². The van der Waals surface area contributed by atoms with E-state index in [-0.39, 0.29) is 49.1 Å². The molecule has 13 heteroatoms. The fourth-order valence-electron chi connectivity index (χ4n) is 7.73. The summed E-state index contributed by atoms with van der Waals surface area (Å²) in [6, 6.07) is -0.869. The molecular formula is C35H63N3O10. The van der Waals surface area contributed by atoms with Crippen molar-refractivity contribution in [1.29, 1.82) is 0 Å². The summed E-state index contributed by atoms with van der Waals surface area (Å²) in [4.78, 5) is 30.6. The van der Waals surface area contributed by atoms with Gasteiger partial charge in [-0.05, 0) is 60.5 Å². The molecule has 3 fully saturated rings. The number of aliphatic hydroxyl groups is 3. The number of nitrogens with zero attached hydrogens (tertiary/aromatic N) is 2. The third-order valence-corrected chi connectivity index (χ3v) is 10.6. The largest absolute Gasteiger partial charge is 0.387 e. The molecule has 0 bridgehead atoms. The average molecular weight is 686 g/mol. The quantitative estimate of drug-likeness (QED) is 0.289. The lowest BCUT2D eigenvalue weighted by Crippen LogP contribution is -2.61. The molecule has 3 heterocycles. The number of hydrogen-bond acceptors (Lipinski definition) is 11. The van der Waals surface area contributed by atoms with Crippen LogP contribution in [-0.4, -0.2) is 144 Å². The van der Waals surface area contributed by atoms with Crippen molar-refractivity contribution >= 4 is 11.8 Å². The maximum Gasteiger partial charge on any atom is 0.225 e. The lowest BCUT2D eigenvalue weighted by atomic mass is 9.77. The lowest BCUT2D eigenvalue weighted by Gasteiger charge is -2.49. The molecule has 278 valence electrons. The van der Waals surface area contributed by atoms with Crippen molar-refractivity contribution in [2.24, 2.45) is 17.8 Å². The zero-order valence-electron chi connectivity index (χ0n) is 30.9. The summed E-state index contributed by atoms with van der Waals surface area (Å²) in [5, 5.41) is 37.5. The summed E-state index contributed by atoms with van der Waals surface area (Å²) < 4.78 is 31.3. The molecule has 4 N–H and O–H groups in total. The van der Waals surface area contributed by atoms with Crippen molar-refractivity contribution in [3.05, 3.63) is 12.7 Å². The van der Waals surface area contributed by atoms with Crippen molar-refractivity contribution in [2.75, 3.05) is 34.8 Å². The Morgan fingerprint density at radius 3 is 2.29 bits per heavy atom. The van der Waals surface area contributed by atoms with Gasteiger partial charge in [-0.15, -0.1) is 6.58 Å². The summed E-state index contributed by atoms with van der Waals surface area (Å²) in [7, 11) is 7.00. The minimum Gasteiger partial charge on any atom is -0.387 e. The predicted molar refractivity (Wildman–Crippen MR) is 180 cm³/mol. The van der Waals surface area contributed by atoms with Crippen LogP contribution in [0.4, 0.5) is 0 Å². The number of likely N-dealkylation sites (N-methyl/N-ethyl adjacent to an activating group) is 1. The number of amides is 2. The van der Waals surface area contributed by atoms with E-state index in [9.17, 15) is 24.9 Å². The van der Waals surface area contributed by atoms with Crippen molar-refractivity contribution in [3.8, 4) is 0 Å². The van der Waals surface area contributed by atoms with Crippen LogP contribution in [0, 0.1) is 17.8 Å². The Morgan fingerprint density at radius 1 is 1.06 bits per heavy atom. The molecule has 3 aliphatic rings. The van der Waals surface area contributed by atoms with E-state index < -0.39 is 72.2 Å². The molecule has 0 aliphatic carbocycles. The molecular weight excluding hydrogens is 622 g/mol. The molecule has 3 saturated heterocycles. The second-order valence-electron chi connectivity index (χ2n) is 15.3. The lowest BCUT2D eigenvalue weighted by molar-refractivity contribution is -0.317. The number of ether oxygens (including phenoxy) is 5. The Balaban J connectivity index is 2.11. The number of nitrogens with one attached hydrogen (secondary N) is 1. The minimum absolute atomic E-state index is 0.0316. The molecule has 0 aromatic heterocycles. The highest BCUT2D eigenvalue weighted by atomic mass is 16.7. The Hall–Kier alpha value is -1.68. The van der Waals surface area contributed by atoms with Gasteiger partial charge in [-0.2, -0.15) is 0 Å². The first-order valence-electron chi connectivity index (χ1n) is 17.3. The Morgan fingerprint density at radius 2 is 1.71 bits per heavy atom. The fraction of sp³-hybridized carbons (Fsp3) is 0.886. The van der Waals surface area contributed by atoms with Gasteiger partial charge in [0.25, 0.3) is 0 Å². The van der Waals surface area contributed by atoms with Crippen LogP contribution in [0.1, 0.15) is 74.1 Å². The predicted octanol–water partition coefficient (Wildman–Crippen LogP) is 1.67. The van der Waals surface area contributed by atoms with Crippen LogP contribution in [0.15, 0.2) is 12.7 Å². The van der Waals surface area contributed by atoms with Gasteiger partial charge in [-0.25, -0.2) is 0 Å². The molecule has 3 aliphatic heterocycles. The highest BCUT2D eigenvalue weighted by molar-refractivity contribution is 5.81. The van der Waals surface area contributed by atoms with Gasteiger partial charge >= 0.3 is 0 Å². The summed E-state index contributed by atoms with van der Waals surface area (Å²) in [6.07, 6.45) is -4.08. The monoisotopic (exact) mass is 685 g/mol. The summed E-state index contributed by atoms with van der Waals surface area (Å²) >= 11 is 0. The van der Waals surface area contributed by atoms with Crippen LogP contribution in [0.25, 0.3) is 0 Å². The number of carbonyl (C=O) groups excluding carboxylic acids is 2. The van der Waals surface area contributed by atoms with Crippen molar-refractivity contribution < 1.29 is 48.6 Å². The molecule has 0 saturated carbocycles. The first kappa shape index (κ1) is 40.7. The second-order valence-corrected chi connectivity index (χ2v) is 15.3. The molecule has 3 rings (SSSR count). The minimum atomic E-state index is -1.52. The Labute approximate surface area is 287 Å². The zero-order chi connectivity index (χ0) is 36.3. The van der Waals surface area contributed by atoms with Crippen molar-refractivity contribution in [3.63, 3.8) is 0 Å². The van der Waals surface area contributed by atoms with E-state index >= 15 is 0 Å². The molecule has 0 spiro atoms. The first-order chi connectivity index (χ1) is 22.2. The topological polar surface area (TPSA) is 159 Å². The van der Waals surface area contributed by atoms with Crippen LogP contribution >= 0.6 is 0 Å². The van der Waals surface area contributed by atoms with Crippen molar-refractivity contribution in [1.82, 2.24) is 15.1 Å². The van der Waals surface area contributed by atoms with E-state index in [0.29, 0.717) is 13.0 Å². The highest BCUT2D eigenvalue weighted by Gasteiger charge is 2.51. The molecule has 2 amide bonds. The smallest absolute Gasteiger partial charge is 0.225 e. The van der Waals surface area contributed by atoms with Gasteiger partial charge in [0.2, 0.25) is 11.8 Å². The van der Waals surface area contributed by atoms with Crippen LogP contribution in [0.3, 0.4) is 0 Å². The number of aliphatic hydroxyl groups excluding tert-OH is 2. The van der Waals surface area contributed by atoms with Gasteiger partial charge in [0, 0.05) is 39.1 Å². The Bertz CT molecular complexity index is 1090. The number of carbonyl (C=O) groups is 2. The fourth-order valence-corrected chi connectivity index (χ4v) is 7.73.